The lowest BCUT2D eigenvalue weighted by atomic mass is 10.5. The molecule has 0 unspecified atom stereocenters. The largest absolute Gasteiger partial charge is 0.469 e. The molecule has 0 aromatic heterocycles. The summed E-state index contributed by atoms with van der Waals surface area (Å²) < 4.78 is 4.93. The summed E-state index contributed by atoms with van der Waals surface area (Å²) in [7, 11) is 0. The molecule has 0 spiro atoms. The van der Waals surface area contributed by atoms with Crippen molar-refractivity contribution in [3.63, 3.8) is 0 Å². The van der Waals surface area contributed by atoms with Crippen molar-refractivity contribution in [2.75, 3.05) is 13.1 Å². The molecule has 0 rings (SSSR count). The Hall–Kier alpha value is -0.930. The van der Waals surface area contributed by atoms with E-state index < -0.39 is 0 Å². The Labute approximate surface area is 84.1 Å². The highest BCUT2D eigenvalue weighted by Crippen LogP contribution is 2.11. The normalized spacial score (nSPS) is 8.92. The van der Waals surface area contributed by atoms with Gasteiger partial charge in [-0.1, -0.05) is 26.3 Å². The van der Waals surface area contributed by atoms with Gasteiger partial charge in [0, 0.05) is 6.54 Å². The molecule has 0 atom stereocenters. The monoisotopic (exact) mass is 197 g/mol. The molecule has 0 saturated heterocycles. The Morgan fingerprint density at radius 3 is 2.54 bits per heavy atom. The summed E-state index contributed by atoms with van der Waals surface area (Å²) in [5.41, 5.74) is 0. The average Bonchev–Trinajstić information content (AvgIpc) is 2.05. The minimum Gasteiger partial charge on any atom is -0.469 e. The molecule has 0 fully saturated rings. The van der Waals surface area contributed by atoms with Gasteiger partial charge in [-0.15, -0.1) is 11.8 Å². The number of hydrogen-bond acceptors (Lipinski definition) is 3. The molecule has 0 aliphatic heterocycles. The minimum atomic E-state index is 0.600. The number of ether oxygens (including phenoxy) is 1. The number of hydrogen-bond donors (Lipinski definition) is 1. The minimum absolute atomic E-state index is 0.600. The van der Waals surface area contributed by atoms with Crippen molar-refractivity contribution in [3.8, 4) is 0 Å². The zero-order chi connectivity index (χ0) is 10.1. The highest BCUT2D eigenvalue weighted by Gasteiger charge is 1.94. The van der Waals surface area contributed by atoms with Gasteiger partial charge in [0.25, 0.3) is 0 Å². The van der Waals surface area contributed by atoms with Crippen molar-refractivity contribution in [2.24, 2.45) is 0 Å². The number of thioether (sulfide) groups is 1. The van der Waals surface area contributed by atoms with Crippen LogP contribution in [-0.4, -0.2) is 13.1 Å². The summed E-state index contributed by atoms with van der Waals surface area (Å²) in [5, 5.41) is 4.86. The molecule has 1 N–H and O–H groups in total. The van der Waals surface area contributed by atoms with Gasteiger partial charge < -0.3 is 10.1 Å². The molecule has 13 heavy (non-hydrogen) atoms. The molecular formula is C10H15NOS. The zero-order valence-electron chi connectivity index (χ0n) is 7.71. The number of rotatable bonds is 8. The van der Waals surface area contributed by atoms with Crippen LogP contribution in [0.15, 0.2) is 48.7 Å². The maximum absolute atomic E-state index is 4.93. The Morgan fingerprint density at radius 2 is 2.00 bits per heavy atom. The fourth-order valence-corrected chi connectivity index (χ4v) is 1.08. The van der Waals surface area contributed by atoms with Crippen LogP contribution in [0.2, 0.25) is 0 Å². The van der Waals surface area contributed by atoms with E-state index in [0.717, 1.165) is 11.4 Å². The third-order valence-corrected chi connectivity index (χ3v) is 1.79. The first-order valence-corrected chi connectivity index (χ1v) is 4.70. The van der Waals surface area contributed by atoms with Crippen molar-refractivity contribution in [1.82, 2.24) is 5.32 Å². The predicted octanol–water partition coefficient (Wildman–Crippen LogP) is 2.64. The Balaban J connectivity index is 3.43. The van der Waals surface area contributed by atoms with E-state index in [-0.39, 0.29) is 0 Å². The number of nitrogens with one attached hydrogen (secondary N) is 1. The van der Waals surface area contributed by atoms with Crippen LogP contribution in [0.5, 0.6) is 0 Å². The summed E-state index contributed by atoms with van der Waals surface area (Å²) in [6, 6.07) is 0. The summed E-state index contributed by atoms with van der Waals surface area (Å²) in [5.74, 6) is 0.645. The Kier molecular flexibility index (Phi) is 7.15. The lowest BCUT2D eigenvalue weighted by Gasteiger charge is -2.06. The summed E-state index contributed by atoms with van der Waals surface area (Å²) in [4.78, 5) is 1.02. The van der Waals surface area contributed by atoms with Crippen molar-refractivity contribution in [1.29, 1.82) is 0 Å². The molecule has 0 heterocycles. The molecule has 0 aromatic carbocycles. The maximum Gasteiger partial charge on any atom is 0.110 e. The van der Waals surface area contributed by atoms with E-state index in [9.17, 15) is 0 Å². The zero-order valence-corrected chi connectivity index (χ0v) is 8.53. The van der Waals surface area contributed by atoms with E-state index in [0.29, 0.717) is 12.3 Å². The van der Waals surface area contributed by atoms with Gasteiger partial charge in [-0.05, 0) is 10.3 Å². The molecule has 0 saturated carbocycles. The van der Waals surface area contributed by atoms with Gasteiger partial charge in [0.15, 0.2) is 0 Å². The first-order chi connectivity index (χ1) is 6.20. The van der Waals surface area contributed by atoms with Crippen LogP contribution in [0.3, 0.4) is 0 Å². The Morgan fingerprint density at radius 1 is 1.31 bits per heavy atom. The van der Waals surface area contributed by atoms with Crippen LogP contribution in [0, 0.1) is 0 Å². The third kappa shape index (κ3) is 7.43. The van der Waals surface area contributed by atoms with E-state index in [1.165, 1.54) is 18.0 Å². The Bertz CT molecular complexity index is 189. The van der Waals surface area contributed by atoms with Gasteiger partial charge in [0.2, 0.25) is 0 Å². The van der Waals surface area contributed by atoms with Gasteiger partial charge in [0.05, 0.1) is 12.8 Å². The molecule has 0 bridgehead atoms. The van der Waals surface area contributed by atoms with Crippen LogP contribution in [0.4, 0.5) is 0 Å². The highest BCUT2D eigenvalue weighted by molar-refractivity contribution is 8.05. The molecule has 0 amide bonds. The van der Waals surface area contributed by atoms with Crippen LogP contribution in [-0.2, 0) is 4.74 Å². The SMILES string of the molecule is C=COC(=C)CNCC(=C)SC=C. The molecule has 2 nitrogen and oxygen atoms in total. The van der Waals surface area contributed by atoms with Crippen LogP contribution in [0.25, 0.3) is 0 Å². The second kappa shape index (κ2) is 7.71. The van der Waals surface area contributed by atoms with E-state index in [2.05, 4.69) is 31.6 Å². The molecule has 72 valence electrons. The van der Waals surface area contributed by atoms with E-state index in [4.69, 9.17) is 4.74 Å². The van der Waals surface area contributed by atoms with Crippen LogP contribution >= 0.6 is 11.8 Å². The molecular weight excluding hydrogens is 182 g/mol. The molecule has 0 aliphatic rings. The summed E-state index contributed by atoms with van der Waals surface area (Å²) >= 11 is 1.51. The standard InChI is InChI=1S/C10H15NOS/c1-5-12-9(3)7-11-8-10(4)13-6-2/h5-6,11H,1-4,7-8H2. The van der Waals surface area contributed by atoms with Gasteiger partial charge in [0.1, 0.15) is 5.76 Å². The fourth-order valence-electron chi connectivity index (χ4n) is 0.660. The summed E-state index contributed by atoms with van der Waals surface area (Å²) in [6.07, 6.45) is 1.36. The first kappa shape index (κ1) is 12.1. The molecule has 3 heteroatoms. The second-order valence-corrected chi connectivity index (χ2v) is 3.40. The van der Waals surface area contributed by atoms with Crippen LogP contribution in [0.1, 0.15) is 0 Å². The van der Waals surface area contributed by atoms with Gasteiger partial charge in [-0.25, -0.2) is 0 Å². The van der Waals surface area contributed by atoms with Crippen molar-refractivity contribution in [2.45, 2.75) is 0 Å². The molecule has 0 aliphatic carbocycles. The van der Waals surface area contributed by atoms with Crippen molar-refractivity contribution < 1.29 is 4.74 Å². The first-order valence-electron chi connectivity index (χ1n) is 3.82. The predicted molar refractivity (Wildman–Crippen MR) is 60.2 cm³/mol. The van der Waals surface area contributed by atoms with E-state index in [1.807, 2.05) is 0 Å². The quantitative estimate of drug-likeness (QED) is 0.604. The van der Waals surface area contributed by atoms with Gasteiger partial charge in [-0.2, -0.15) is 0 Å². The highest BCUT2D eigenvalue weighted by atomic mass is 32.2. The lowest BCUT2D eigenvalue weighted by Crippen LogP contribution is -2.18. The lowest BCUT2D eigenvalue weighted by molar-refractivity contribution is 0.340. The fraction of sp³-hybridized carbons (Fsp3) is 0.200. The smallest absolute Gasteiger partial charge is 0.110 e. The van der Waals surface area contributed by atoms with Crippen molar-refractivity contribution in [3.05, 3.63) is 48.7 Å². The second-order valence-electron chi connectivity index (χ2n) is 2.25. The van der Waals surface area contributed by atoms with E-state index >= 15 is 0 Å². The van der Waals surface area contributed by atoms with Crippen molar-refractivity contribution >= 4 is 11.8 Å². The van der Waals surface area contributed by atoms with Crippen LogP contribution < -0.4 is 5.32 Å². The maximum atomic E-state index is 4.93. The van der Waals surface area contributed by atoms with E-state index in [1.54, 1.807) is 5.41 Å². The summed E-state index contributed by atoms with van der Waals surface area (Å²) in [6.45, 7) is 15.8. The topological polar surface area (TPSA) is 21.3 Å². The molecule has 0 aromatic rings. The van der Waals surface area contributed by atoms with Gasteiger partial charge in [-0.3, -0.25) is 0 Å². The third-order valence-electron chi connectivity index (χ3n) is 1.14. The molecule has 0 radical (unpaired) electrons. The average molecular weight is 197 g/mol. The van der Waals surface area contributed by atoms with Gasteiger partial charge >= 0.3 is 0 Å².